The van der Waals surface area contributed by atoms with Gasteiger partial charge in [0.15, 0.2) is 17.6 Å². The largest absolute Gasteiger partial charge is 0.493 e. The van der Waals surface area contributed by atoms with Crippen LogP contribution in [-0.4, -0.2) is 37.2 Å². The Morgan fingerprint density at radius 2 is 1.72 bits per heavy atom. The third-order valence-corrected chi connectivity index (χ3v) is 6.78. The molecule has 6 heteroatoms. The molecule has 1 N–H and O–H groups in total. The van der Waals surface area contributed by atoms with Gasteiger partial charge in [0.2, 0.25) is 0 Å². The third kappa shape index (κ3) is 4.07. The molecule has 0 unspecified atom stereocenters. The highest BCUT2D eigenvalue weighted by atomic mass is 16.5. The zero-order valence-corrected chi connectivity index (χ0v) is 17.5. The smallest absolute Gasteiger partial charge is 0.339 e. The highest BCUT2D eigenvalue weighted by molar-refractivity contribution is 5.93. The molecule has 4 aliphatic rings. The van der Waals surface area contributed by atoms with Gasteiger partial charge < -0.3 is 19.5 Å². The van der Waals surface area contributed by atoms with E-state index < -0.39 is 12.1 Å². The molecule has 4 aliphatic carbocycles. The van der Waals surface area contributed by atoms with Gasteiger partial charge in [0.05, 0.1) is 19.3 Å². The van der Waals surface area contributed by atoms with Crippen LogP contribution in [0.25, 0.3) is 0 Å². The lowest BCUT2D eigenvalue weighted by Crippen LogP contribution is -2.61. The Labute approximate surface area is 172 Å². The van der Waals surface area contributed by atoms with Crippen molar-refractivity contribution in [2.75, 3.05) is 13.7 Å². The summed E-state index contributed by atoms with van der Waals surface area (Å²) in [6.45, 7) is 3.96. The first-order valence-corrected chi connectivity index (χ1v) is 10.7. The topological polar surface area (TPSA) is 73.9 Å². The lowest BCUT2D eigenvalue weighted by atomic mass is 9.53. The molecule has 4 fully saturated rings. The summed E-state index contributed by atoms with van der Waals surface area (Å²) in [5.41, 5.74) is 0.248. The number of nitrogens with one attached hydrogen (secondary N) is 1. The standard InChI is InChI=1S/C23H31NO5/c1-4-28-20-10-18(5-6-19(20)27-3)22(26)29-14(2)21(25)24-23-11-15-7-16(12-23)9-17(8-15)13-23/h5-6,10,14-17H,4,7-9,11-13H2,1-3H3,(H,24,25)/t14-,15?,16?,17?,23?/m1/s1. The van der Waals surface area contributed by atoms with Crippen molar-refractivity contribution in [3.8, 4) is 11.5 Å². The van der Waals surface area contributed by atoms with Crippen molar-refractivity contribution >= 4 is 11.9 Å². The second-order valence-corrected chi connectivity index (χ2v) is 9.03. The monoisotopic (exact) mass is 401 g/mol. The molecule has 4 saturated carbocycles. The van der Waals surface area contributed by atoms with Gasteiger partial charge in [0.1, 0.15) is 0 Å². The Kier molecular flexibility index (Phi) is 5.45. The molecule has 6 nitrogen and oxygen atoms in total. The van der Waals surface area contributed by atoms with Gasteiger partial charge >= 0.3 is 5.97 Å². The fourth-order valence-electron chi connectivity index (χ4n) is 5.98. The number of benzene rings is 1. The van der Waals surface area contributed by atoms with Gasteiger partial charge in [0.25, 0.3) is 5.91 Å². The molecular formula is C23H31NO5. The quantitative estimate of drug-likeness (QED) is 0.705. The second kappa shape index (κ2) is 7.88. The van der Waals surface area contributed by atoms with E-state index in [1.54, 1.807) is 32.2 Å². The average Bonchev–Trinajstić information content (AvgIpc) is 2.66. The number of methoxy groups -OCH3 is 1. The number of ether oxygens (including phenoxy) is 3. The molecule has 1 aromatic rings. The van der Waals surface area contributed by atoms with E-state index in [1.807, 2.05) is 6.92 Å². The molecule has 0 aromatic heterocycles. The summed E-state index contributed by atoms with van der Waals surface area (Å²) in [5.74, 6) is 2.54. The summed E-state index contributed by atoms with van der Waals surface area (Å²) in [7, 11) is 1.55. The minimum absolute atomic E-state index is 0.0885. The van der Waals surface area contributed by atoms with Gasteiger partial charge in [0, 0.05) is 5.54 Å². The average molecular weight is 402 g/mol. The highest BCUT2D eigenvalue weighted by Gasteiger charge is 2.51. The molecule has 0 spiro atoms. The summed E-state index contributed by atoms with van der Waals surface area (Å²) in [5, 5.41) is 3.27. The maximum Gasteiger partial charge on any atom is 0.339 e. The SMILES string of the molecule is CCOc1cc(C(=O)O[C@H](C)C(=O)NC23CC4CC(CC(C4)C2)C3)ccc1OC. The first-order chi connectivity index (χ1) is 13.9. The van der Waals surface area contributed by atoms with Crippen molar-refractivity contribution in [2.24, 2.45) is 17.8 Å². The molecule has 1 atom stereocenters. The third-order valence-electron chi connectivity index (χ3n) is 6.78. The molecule has 0 radical (unpaired) electrons. The molecule has 1 aromatic carbocycles. The summed E-state index contributed by atoms with van der Waals surface area (Å²) < 4.78 is 16.2. The Morgan fingerprint density at radius 1 is 1.10 bits per heavy atom. The van der Waals surface area contributed by atoms with E-state index in [-0.39, 0.29) is 11.4 Å². The summed E-state index contributed by atoms with van der Waals surface area (Å²) in [6, 6.07) is 4.88. The van der Waals surface area contributed by atoms with E-state index in [2.05, 4.69) is 5.32 Å². The lowest BCUT2D eigenvalue weighted by molar-refractivity contribution is -0.134. The van der Waals surface area contributed by atoms with Crippen LogP contribution in [0.3, 0.4) is 0 Å². The Balaban J connectivity index is 1.39. The zero-order chi connectivity index (χ0) is 20.6. The van der Waals surface area contributed by atoms with Crippen LogP contribution in [0.1, 0.15) is 62.7 Å². The molecule has 5 rings (SSSR count). The van der Waals surface area contributed by atoms with Crippen molar-refractivity contribution < 1.29 is 23.8 Å². The van der Waals surface area contributed by atoms with Crippen molar-refractivity contribution in [1.29, 1.82) is 0 Å². The molecule has 0 aliphatic heterocycles. The molecular weight excluding hydrogens is 370 g/mol. The van der Waals surface area contributed by atoms with Crippen LogP contribution in [-0.2, 0) is 9.53 Å². The minimum atomic E-state index is -0.840. The number of hydrogen-bond acceptors (Lipinski definition) is 5. The number of rotatable bonds is 7. The van der Waals surface area contributed by atoms with E-state index >= 15 is 0 Å². The summed E-state index contributed by atoms with van der Waals surface area (Å²) in [6.07, 6.45) is 6.33. The van der Waals surface area contributed by atoms with Gasteiger partial charge in [-0.3, -0.25) is 4.79 Å². The molecule has 158 valence electrons. The molecule has 1 amide bonds. The lowest BCUT2D eigenvalue weighted by Gasteiger charge is -2.57. The number of esters is 1. The molecule has 4 bridgehead atoms. The van der Waals surface area contributed by atoms with E-state index in [0.717, 1.165) is 37.0 Å². The fourth-order valence-corrected chi connectivity index (χ4v) is 5.98. The van der Waals surface area contributed by atoms with Crippen molar-refractivity contribution in [1.82, 2.24) is 5.32 Å². The maximum atomic E-state index is 12.8. The van der Waals surface area contributed by atoms with Crippen LogP contribution in [0.4, 0.5) is 0 Å². The van der Waals surface area contributed by atoms with Gasteiger partial charge in [-0.1, -0.05) is 0 Å². The maximum absolute atomic E-state index is 12.8. The van der Waals surface area contributed by atoms with E-state index in [4.69, 9.17) is 14.2 Å². The van der Waals surface area contributed by atoms with E-state index in [9.17, 15) is 9.59 Å². The summed E-state index contributed by atoms with van der Waals surface area (Å²) in [4.78, 5) is 25.4. The van der Waals surface area contributed by atoms with Crippen LogP contribution in [0.5, 0.6) is 11.5 Å². The van der Waals surface area contributed by atoms with Gasteiger partial charge in [-0.05, 0) is 88.3 Å². The first kappa shape index (κ1) is 20.0. The fraction of sp³-hybridized carbons (Fsp3) is 0.652. The predicted octanol–water partition coefficient (Wildman–Crippen LogP) is 3.72. The van der Waals surface area contributed by atoms with Crippen molar-refractivity contribution in [2.45, 2.75) is 64.0 Å². The van der Waals surface area contributed by atoms with Crippen LogP contribution >= 0.6 is 0 Å². The van der Waals surface area contributed by atoms with Gasteiger partial charge in [-0.25, -0.2) is 4.79 Å². The second-order valence-electron chi connectivity index (χ2n) is 9.03. The minimum Gasteiger partial charge on any atom is -0.493 e. The Morgan fingerprint density at radius 3 is 2.28 bits per heavy atom. The Bertz CT molecular complexity index is 754. The van der Waals surface area contributed by atoms with Crippen LogP contribution in [0.2, 0.25) is 0 Å². The number of amides is 1. The zero-order valence-electron chi connectivity index (χ0n) is 17.5. The van der Waals surface area contributed by atoms with E-state index in [0.29, 0.717) is 23.7 Å². The van der Waals surface area contributed by atoms with Crippen LogP contribution in [0, 0.1) is 17.8 Å². The number of carbonyl (C=O) groups excluding carboxylic acids is 2. The molecule has 0 heterocycles. The predicted molar refractivity (Wildman–Crippen MR) is 108 cm³/mol. The van der Waals surface area contributed by atoms with Crippen LogP contribution in [0.15, 0.2) is 18.2 Å². The van der Waals surface area contributed by atoms with Gasteiger partial charge in [-0.2, -0.15) is 0 Å². The van der Waals surface area contributed by atoms with E-state index in [1.165, 1.54) is 19.3 Å². The number of carbonyl (C=O) groups is 2. The first-order valence-electron chi connectivity index (χ1n) is 10.7. The Hall–Kier alpha value is -2.24. The highest BCUT2D eigenvalue weighted by Crippen LogP contribution is 2.55. The summed E-state index contributed by atoms with van der Waals surface area (Å²) >= 11 is 0. The molecule has 0 saturated heterocycles. The van der Waals surface area contributed by atoms with Crippen molar-refractivity contribution in [3.05, 3.63) is 23.8 Å². The van der Waals surface area contributed by atoms with Crippen molar-refractivity contribution in [3.63, 3.8) is 0 Å². The molecule has 29 heavy (non-hydrogen) atoms. The number of hydrogen-bond donors (Lipinski definition) is 1. The normalized spacial score (nSPS) is 30.5. The van der Waals surface area contributed by atoms with Crippen LogP contribution < -0.4 is 14.8 Å². The van der Waals surface area contributed by atoms with Gasteiger partial charge in [-0.15, -0.1) is 0 Å².